The number of hydrogen-bond donors (Lipinski definition) is 1. The van der Waals surface area contributed by atoms with Crippen LogP contribution in [0.4, 0.5) is 0 Å². The number of carbonyl (C=O) groups is 1. The minimum atomic E-state index is -3.07. The molecule has 1 aliphatic rings. The largest absolute Gasteiger partial charge is 0.341 e. The molecule has 1 amide bonds. The summed E-state index contributed by atoms with van der Waals surface area (Å²) < 4.78 is 22.2. The van der Waals surface area contributed by atoms with Crippen LogP contribution in [0, 0.1) is 5.41 Å². The van der Waals surface area contributed by atoms with Gasteiger partial charge >= 0.3 is 0 Å². The molecule has 0 spiro atoms. The molecule has 1 rings (SSSR count). The molecule has 0 aromatic rings. The minimum Gasteiger partial charge on any atom is -0.341 e. The number of rotatable bonds is 5. The van der Waals surface area contributed by atoms with Crippen molar-refractivity contribution in [1.29, 1.82) is 0 Å². The Hall–Kier alpha value is -0.620. The van der Waals surface area contributed by atoms with E-state index < -0.39 is 15.9 Å². The lowest BCUT2D eigenvalue weighted by molar-refractivity contribution is -0.134. The van der Waals surface area contributed by atoms with Crippen LogP contribution in [0.2, 0.25) is 0 Å². The fraction of sp³-hybridized carbons (Fsp3) is 0.929. The zero-order valence-corrected chi connectivity index (χ0v) is 13.9. The van der Waals surface area contributed by atoms with Crippen molar-refractivity contribution in [3.05, 3.63) is 0 Å². The molecule has 1 unspecified atom stereocenters. The summed E-state index contributed by atoms with van der Waals surface area (Å²) in [4.78, 5) is 14.0. The second-order valence-electron chi connectivity index (χ2n) is 6.87. The topological polar surface area (TPSA) is 80.5 Å². The monoisotopic (exact) mass is 304 g/mol. The normalized spacial score (nSPS) is 21.4. The van der Waals surface area contributed by atoms with Gasteiger partial charge in [-0.3, -0.25) is 4.79 Å². The van der Waals surface area contributed by atoms with E-state index in [1.807, 2.05) is 0 Å². The molecule has 0 aromatic carbocycles. The SMILES string of the molecule is CN(C(=O)C(N)CCS(C)(=O)=O)C1CCC(C)(C)CC1. The Morgan fingerprint density at radius 2 is 1.85 bits per heavy atom. The molecule has 1 fully saturated rings. The van der Waals surface area contributed by atoms with Gasteiger partial charge < -0.3 is 10.6 Å². The van der Waals surface area contributed by atoms with E-state index in [1.54, 1.807) is 11.9 Å². The predicted octanol–water partition coefficient (Wildman–Crippen LogP) is 1.18. The Bertz CT molecular complexity index is 435. The Morgan fingerprint density at radius 1 is 1.35 bits per heavy atom. The molecule has 0 aromatic heterocycles. The molecule has 2 N–H and O–H groups in total. The fourth-order valence-electron chi connectivity index (χ4n) is 2.68. The summed E-state index contributed by atoms with van der Waals surface area (Å²) in [5, 5.41) is 0. The summed E-state index contributed by atoms with van der Waals surface area (Å²) in [6, 6.07) is -0.482. The van der Waals surface area contributed by atoms with Gasteiger partial charge in [0.25, 0.3) is 0 Å². The molecule has 6 heteroatoms. The molecule has 1 saturated carbocycles. The average Bonchev–Trinajstić information content (AvgIpc) is 2.33. The van der Waals surface area contributed by atoms with Gasteiger partial charge in [0.1, 0.15) is 9.84 Å². The van der Waals surface area contributed by atoms with Gasteiger partial charge in [0.15, 0.2) is 0 Å². The molecule has 1 aliphatic carbocycles. The van der Waals surface area contributed by atoms with E-state index >= 15 is 0 Å². The summed E-state index contributed by atoms with van der Waals surface area (Å²) in [6.07, 6.45) is 5.56. The van der Waals surface area contributed by atoms with Crippen LogP contribution in [0.3, 0.4) is 0 Å². The number of amides is 1. The number of carbonyl (C=O) groups excluding carboxylic acids is 1. The number of nitrogens with two attached hydrogens (primary N) is 1. The lowest BCUT2D eigenvalue weighted by Crippen LogP contribution is -2.48. The Labute approximate surface area is 122 Å². The molecule has 1 atom stereocenters. The van der Waals surface area contributed by atoms with E-state index in [2.05, 4.69) is 13.8 Å². The summed E-state index contributed by atoms with van der Waals surface area (Å²) in [6.45, 7) is 4.51. The van der Waals surface area contributed by atoms with Gasteiger partial charge in [-0.2, -0.15) is 0 Å². The summed E-state index contributed by atoms with van der Waals surface area (Å²) in [7, 11) is -1.29. The summed E-state index contributed by atoms with van der Waals surface area (Å²) in [5.41, 5.74) is 6.19. The van der Waals surface area contributed by atoms with Gasteiger partial charge in [0.05, 0.1) is 11.8 Å². The first-order valence-corrected chi connectivity index (χ1v) is 9.28. The second kappa shape index (κ2) is 6.43. The van der Waals surface area contributed by atoms with E-state index in [-0.39, 0.29) is 24.1 Å². The molecular formula is C14H28N2O3S. The first-order chi connectivity index (χ1) is 9.02. The van der Waals surface area contributed by atoms with Crippen molar-refractivity contribution < 1.29 is 13.2 Å². The van der Waals surface area contributed by atoms with E-state index in [1.165, 1.54) is 0 Å². The minimum absolute atomic E-state index is 0.0363. The third kappa shape index (κ3) is 5.40. The highest BCUT2D eigenvalue weighted by molar-refractivity contribution is 7.90. The van der Waals surface area contributed by atoms with Crippen LogP contribution >= 0.6 is 0 Å². The molecule has 0 heterocycles. The number of hydrogen-bond acceptors (Lipinski definition) is 4. The smallest absolute Gasteiger partial charge is 0.239 e. The standard InChI is InChI=1S/C14H28N2O3S/c1-14(2)8-5-11(6-9-14)16(3)13(17)12(15)7-10-20(4,18)19/h11-12H,5-10,15H2,1-4H3. The van der Waals surface area contributed by atoms with Gasteiger partial charge in [0, 0.05) is 19.3 Å². The molecule has 0 saturated heterocycles. The first-order valence-electron chi connectivity index (χ1n) is 7.22. The summed E-state index contributed by atoms with van der Waals surface area (Å²) in [5.74, 6) is -0.177. The number of likely N-dealkylation sites (N-methyl/N-ethyl adjacent to an activating group) is 1. The van der Waals surface area contributed by atoms with Crippen LogP contribution in [0.15, 0.2) is 0 Å². The van der Waals surface area contributed by atoms with Crippen molar-refractivity contribution in [3.8, 4) is 0 Å². The molecule has 20 heavy (non-hydrogen) atoms. The van der Waals surface area contributed by atoms with Crippen LogP contribution in [0.5, 0.6) is 0 Å². The maximum atomic E-state index is 12.2. The van der Waals surface area contributed by atoms with Crippen molar-refractivity contribution in [2.45, 2.75) is 58.0 Å². The summed E-state index contributed by atoms with van der Waals surface area (Å²) >= 11 is 0. The van der Waals surface area contributed by atoms with Gasteiger partial charge in [0.2, 0.25) is 5.91 Å². The van der Waals surface area contributed by atoms with Crippen molar-refractivity contribution in [2.24, 2.45) is 11.1 Å². The molecule has 5 nitrogen and oxygen atoms in total. The Kier molecular flexibility index (Phi) is 5.61. The van der Waals surface area contributed by atoms with E-state index in [4.69, 9.17) is 5.73 Å². The lowest BCUT2D eigenvalue weighted by Gasteiger charge is -2.39. The van der Waals surface area contributed by atoms with Crippen molar-refractivity contribution >= 4 is 15.7 Å². The second-order valence-corrected chi connectivity index (χ2v) is 9.13. The highest BCUT2D eigenvalue weighted by atomic mass is 32.2. The Morgan fingerprint density at radius 3 is 2.30 bits per heavy atom. The van der Waals surface area contributed by atoms with Crippen LogP contribution in [0.1, 0.15) is 46.0 Å². The van der Waals surface area contributed by atoms with Gasteiger partial charge in [-0.15, -0.1) is 0 Å². The zero-order chi connectivity index (χ0) is 15.6. The van der Waals surface area contributed by atoms with E-state index in [0.29, 0.717) is 5.41 Å². The van der Waals surface area contributed by atoms with Gasteiger partial charge in [-0.1, -0.05) is 13.8 Å². The number of sulfone groups is 1. The number of nitrogens with zero attached hydrogens (tertiary/aromatic N) is 1. The van der Waals surface area contributed by atoms with E-state index in [0.717, 1.165) is 31.9 Å². The molecule has 0 radical (unpaired) electrons. The third-order valence-corrected chi connectivity index (χ3v) is 5.30. The molecule has 0 bridgehead atoms. The van der Waals surface area contributed by atoms with Crippen LogP contribution in [0.25, 0.3) is 0 Å². The first kappa shape index (κ1) is 17.4. The molecule has 0 aliphatic heterocycles. The van der Waals surface area contributed by atoms with Crippen molar-refractivity contribution in [2.75, 3.05) is 19.1 Å². The molecule has 118 valence electrons. The highest BCUT2D eigenvalue weighted by Gasteiger charge is 2.32. The van der Waals surface area contributed by atoms with Crippen LogP contribution in [-0.2, 0) is 14.6 Å². The highest BCUT2D eigenvalue weighted by Crippen LogP contribution is 2.36. The average molecular weight is 304 g/mol. The molecular weight excluding hydrogens is 276 g/mol. The van der Waals surface area contributed by atoms with E-state index in [9.17, 15) is 13.2 Å². The maximum Gasteiger partial charge on any atom is 0.239 e. The van der Waals surface area contributed by atoms with Crippen molar-refractivity contribution in [1.82, 2.24) is 4.90 Å². The zero-order valence-electron chi connectivity index (χ0n) is 13.1. The van der Waals surface area contributed by atoms with Gasteiger partial charge in [-0.05, 0) is 37.5 Å². The maximum absolute atomic E-state index is 12.2. The predicted molar refractivity (Wildman–Crippen MR) is 81.1 cm³/mol. The Balaban J connectivity index is 2.50. The van der Waals surface area contributed by atoms with Gasteiger partial charge in [-0.25, -0.2) is 8.42 Å². The quantitative estimate of drug-likeness (QED) is 0.827. The fourth-order valence-corrected chi connectivity index (χ4v) is 3.36. The van der Waals surface area contributed by atoms with Crippen LogP contribution < -0.4 is 5.73 Å². The van der Waals surface area contributed by atoms with Crippen LogP contribution in [-0.4, -0.2) is 50.4 Å². The third-order valence-electron chi connectivity index (χ3n) is 4.32. The lowest BCUT2D eigenvalue weighted by atomic mass is 9.75. The van der Waals surface area contributed by atoms with Crippen molar-refractivity contribution in [3.63, 3.8) is 0 Å².